The van der Waals surface area contributed by atoms with E-state index in [1.165, 1.54) is 36.5 Å². The van der Waals surface area contributed by atoms with Gasteiger partial charge in [-0.2, -0.15) is 5.10 Å². The lowest BCUT2D eigenvalue weighted by atomic mass is 10.2. The van der Waals surface area contributed by atoms with Gasteiger partial charge in [0.2, 0.25) is 5.90 Å². The third-order valence-corrected chi connectivity index (χ3v) is 2.97. The summed E-state index contributed by atoms with van der Waals surface area (Å²) >= 11 is 0. The number of carbonyl (C=O) groups is 1. The molecule has 0 saturated carbocycles. The van der Waals surface area contributed by atoms with Crippen LogP contribution in [0.3, 0.4) is 0 Å². The van der Waals surface area contributed by atoms with E-state index in [1.54, 1.807) is 50.5 Å². The molecule has 0 bridgehead atoms. The highest BCUT2D eigenvalue weighted by atomic mass is 19.1. The molecule has 0 spiro atoms. The Hall–Kier alpha value is -3.06. The number of allylic oxidation sites excluding steroid dienone is 2. The molecular formula is C19H23FN4O2. The van der Waals surface area contributed by atoms with Crippen molar-refractivity contribution in [3.05, 3.63) is 66.3 Å². The number of aliphatic imine (C=N–C) groups is 1. The molecule has 1 aromatic rings. The molecule has 0 fully saturated rings. The molecule has 0 amide bonds. The van der Waals surface area contributed by atoms with Gasteiger partial charge in [-0.1, -0.05) is 24.3 Å². The molecule has 0 aliphatic rings. The van der Waals surface area contributed by atoms with Crippen LogP contribution in [-0.4, -0.2) is 36.5 Å². The number of para-hydroxylation sites is 1. The van der Waals surface area contributed by atoms with E-state index in [9.17, 15) is 9.18 Å². The van der Waals surface area contributed by atoms with Gasteiger partial charge in [0.25, 0.3) is 0 Å². The Labute approximate surface area is 152 Å². The van der Waals surface area contributed by atoms with Gasteiger partial charge in [-0.3, -0.25) is 9.80 Å². The third-order valence-electron chi connectivity index (χ3n) is 2.97. The van der Waals surface area contributed by atoms with Gasteiger partial charge in [-0.05, 0) is 32.1 Å². The number of hydrogen-bond donors (Lipinski definition) is 1. The topological polar surface area (TPSA) is 80.3 Å². The minimum Gasteiger partial charge on any atom is -0.436 e. The van der Waals surface area contributed by atoms with Gasteiger partial charge >= 0.3 is 0 Å². The minimum absolute atomic E-state index is 0.0853. The maximum atomic E-state index is 13.7. The van der Waals surface area contributed by atoms with Gasteiger partial charge in [-0.25, -0.2) is 9.38 Å². The zero-order chi connectivity index (χ0) is 19.4. The van der Waals surface area contributed by atoms with Crippen molar-refractivity contribution < 1.29 is 13.9 Å². The number of benzene rings is 1. The van der Waals surface area contributed by atoms with Gasteiger partial charge in [0.1, 0.15) is 0 Å². The van der Waals surface area contributed by atoms with E-state index in [0.717, 1.165) is 0 Å². The van der Waals surface area contributed by atoms with E-state index in [1.807, 2.05) is 0 Å². The molecule has 26 heavy (non-hydrogen) atoms. The van der Waals surface area contributed by atoms with Crippen molar-refractivity contribution in [3.63, 3.8) is 0 Å². The molecular weight excluding hydrogens is 335 g/mol. The Morgan fingerprint density at radius 3 is 2.73 bits per heavy atom. The lowest BCUT2D eigenvalue weighted by Gasteiger charge is -2.07. The van der Waals surface area contributed by atoms with Crippen LogP contribution < -0.4 is 10.5 Å². The molecule has 138 valence electrons. The number of nitrogens with two attached hydrogens (primary N) is 1. The van der Waals surface area contributed by atoms with Crippen molar-refractivity contribution in [2.45, 2.75) is 13.8 Å². The summed E-state index contributed by atoms with van der Waals surface area (Å²) in [6.07, 6.45) is 9.36. The Balaban J connectivity index is 2.81. The van der Waals surface area contributed by atoms with Crippen LogP contribution in [0.15, 0.2) is 70.6 Å². The van der Waals surface area contributed by atoms with E-state index >= 15 is 0 Å². The first kappa shape index (κ1) is 21.0. The fraction of sp³-hybridized carbons (Fsp3) is 0.211. The number of ketones is 1. The summed E-state index contributed by atoms with van der Waals surface area (Å²) in [6.45, 7) is 3.50. The average Bonchev–Trinajstić information content (AvgIpc) is 2.60. The molecule has 0 aliphatic heterocycles. The summed E-state index contributed by atoms with van der Waals surface area (Å²) in [6, 6.07) is 6.07. The summed E-state index contributed by atoms with van der Waals surface area (Å²) in [5, 5.41) is 5.56. The fourth-order valence-corrected chi connectivity index (χ4v) is 1.70. The van der Waals surface area contributed by atoms with E-state index < -0.39 is 5.82 Å². The number of halogens is 1. The number of ether oxygens (including phenoxy) is 1. The summed E-state index contributed by atoms with van der Waals surface area (Å²) < 4.78 is 19.1. The van der Waals surface area contributed by atoms with Crippen LogP contribution in [0.25, 0.3) is 0 Å². The summed E-state index contributed by atoms with van der Waals surface area (Å²) in [4.78, 5) is 15.5. The standard InChI is InChI=1S/C19H23FN4O2/c1-4-7-19(26-18-9-6-5-8-17(18)20)22-12-13-24(3)23-14-16(10-11-21)15(2)25/h4-10,12-14H,11,21H2,1-3H3/b7-4+,13-12+,16-10?,22-19-,23-14-. The lowest BCUT2D eigenvalue weighted by Crippen LogP contribution is -2.08. The fourth-order valence-electron chi connectivity index (χ4n) is 1.70. The molecule has 7 heteroatoms. The molecule has 6 nitrogen and oxygen atoms in total. The molecule has 0 atom stereocenters. The molecule has 0 radical (unpaired) electrons. The summed E-state index contributed by atoms with van der Waals surface area (Å²) in [7, 11) is 1.68. The van der Waals surface area contributed by atoms with Crippen LogP contribution in [0.5, 0.6) is 5.75 Å². The van der Waals surface area contributed by atoms with Crippen molar-refractivity contribution in [2.24, 2.45) is 15.8 Å². The monoisotopic (exact) mass is 358 g/mol. The molecule has 0 aliphatic carbocycles. The van der Waals surface area contributed by atoms with Gasteiger partial charge < -0.3 is 10.5 Å². The molecule has 0 saturated heterocycles. The summed E-state index contributed by atoms with van der Waals surface area (Å²) in [5.74, 6) is -0.289. The smallest absolute Gasteiger partial charge is 0.219 e. The highest BCUT2D eigenvalue weighted by molar-refractivity contribution is 6.12. The van der Waals surface area contributed by atoms with E-state index in [4.69, 9.17) is 10.5 Å². The second-order valence-electron chi connectivity index (χ2n) is 5.07. The van der Waals surface area contributed by atoms with Crippen LogP contribution in [0, 0.1) is 5.82 Å². The van der Waals surface area contributed by atoms with Crippen LogP contribution in [0.4, 0.5) is 4.39 Å². The molecule has 0 heterocycles. The second-order valence-corrected chi connectivity index (χ2v) is 5.07. The minimum atomic E-state index is -0.473. The molecule has 1 aromatic carbocycles. The van der Waals surface area contributed by atoms with Crippen molar-refractivity contribution in [1.29, 1.82) is 0 Å². The van der Waals surface area contributed by atoms with Crippen LogP contribution in [-0.2, 0) is 4.79 Å². The van der Waals surface area contributed by atoms with Gasteiger partial charge in [0.15, 0.2) is 17.3 Å². The first-order valence-electron chi connectivity index (χ1n) is 7.95. The summed E-state index contributed by atoms with van der Waals surface area (Å²) in [5.41, 5.74) is 5.83. The first-order chi connectivity index (χ1) is 12.5. The number of hydrazone groups is 1. The van der Waals surface area contributed by atoms with Crippen LogP contribution >= 0.6 is 0 Å². The Morgan fingerprint density at radius 2 is 2.12 bits per heavy atom. The third kappa shape index (κ3) is 7.67. The van der Waals surface area contributed by atoms with E-state index in [0.29, 0.717) is 5.57 Å². The van der Waals surface area contributed by atoms with Crippen molar-refractivity contribution in [3.8, 4) is 5.75 Å². The first-order valence-corrected chi connectivity index (χ1v) is 7.95. The number of nitrogens with zero attached hydrogens (tertiary/aromatic N) is 3. The SMILES string of the molecule is C/C=C/C(=N/C=C/N(C)/N=C\C(=CCN)C(C)=O)Oc1ccccc1F. The predicted molar refractivity (Wildman–Crippen MR) is 102 cm³/mol. The second kappa shape index (κ2) is 11.5. The Kier molecular flexibility index (Phi) is 9.27. The molecule has 0 unspecified atom stereocenters. The van der Waals surface area contributed by atoms with Gasteiger partial charge in [0.05, 0.1) is 6.21 Å². The average molecular weight is 358 g/mol. The largest absolute Gasteiger partial charge is 0.436 e. The number of carbonyl (C=O) groups excluding carboxylic acids is 1. The van der Waals surface area contributed by atoms with E-state index in [2.05, 4.69) is 10.1 Å². The Morgan fingerprint density at radius 1 is 1.38 bits per heavy atom. The number of hydrogen-bond acceptors (Lipinski definition) is 6. The Bertz CT molecular complexity index is 752. The lowest BCUT2D eigenvalue weighted by molar-refractivity contribution is -0.113. The maximum Gasteiger partial charge on any atom is 0.219 e. The molecule has 0 aromatic heterocycles. The highest BCUT2D eigenvalue weighted by Crippen LogP contribution is 2.16. The highest BCUT2D eigenvalue weighted by Gasteiger charge is 2.04. The number of Topliss-reactive ketones (excluding diaryl/α,β-unsaturated/α-hetero) is 1. The quantitative estimate of drug-likeness (QED) is 0.335. The van der Waals surface area contributed by atoms with Gasteiger partial charge in [-0.15, -0.1) is 0 Å². The van der Waals surface area contributed by atoms with E-state index in [-0.39, 0.29) is 24.0 Å². The predicted octanol–water partition coefficient (Wildman–Crippen LogP) is 3.04. The normalized spacial score (nSPS) is 13.1. The zero-order valence-electron chi connectivity index (χ0n) is 15.1. The van der Waals surface area contributed by atoms with Gasteiger partial charge in [0, 0.05) is 31.6 Å². The number of rotatable bonds is 8. The molecule has 1 rings (SSSR count). The van der Waals surface area contributed by atoms with Crippen molar-refractivity contribution >= 4 is 17.9 Å². The van der Waals surface area contributed by atoms with Crippen molar-refractivity contribution in [1.82, 2.24) is 5.01 Å². The zero-order valence-corrected chi connectivity index (χ0v) is 15.1. The molecule has 2 N–H and O–H groups in total. The van der Waals surface area contributed by atoms with Crippen molar-refractivity contribution in [2.75, 3.05) is 13.6 Å². The van der Waals surface area contributed by atoms with Crippen LogP contribution in [0.1, 0.15) is 13.8 Å². The van der Waals surface area contributed by atoms with Crippen LogP contribution in [0.2, 0.25) is 0 Å². The maximum absolute atomic E-state index is 13.7.